The molecule has 0 radical (unpaired) electrons. The lowest BCUT2D eigenvalue weighted by Gasteiger charge is -2.15. The zero-order valence-corrected chi connectivity index (χ0v) is 14.6. The van der Waals surface area contributed by atoms with Gasteiger partial charge >= 0.3 is 0 Å². The van der Waals surface area contributed by atoms with Crippen molar-refractivity contribution in [3.05, 3.63) is 90.1 Å². The highest BCUT2D eigenvalue weighted by Crippen LogP contribution is 2.32. The lowest BCUT2D eigenvalue weighted by molar-refractivity contribution is 0.281. The molecule has 0 fully saturated rings. The fraction of sp³-hybridized carbons (Fsp3) is 0.0870. The van der Waals surface area contributed by atoms with E-state index in [0.717, 1.165) is 27.8 Å². The van der Waals surface area contributed by atoms with Crippen LogP contribution in [0.4, 0.5) is 11.4 Å². The first-order chi connectivity index (χ1) is 12.8. The maximum absolute atomic E-state index is 9.32. The summed E-state index contributed by atoms with van der Waals surface area (Å²) < 4.78 is 0. The van der Waals surface area contributed by atoms with Gasteiger partial charge < -0.3 is 10.4 Å². The van der Waals surface area contributed by atoms with Gasteiger partial charge in [0.15, 0.2) is 0 Å². The predicted octanol–water partition coefficient (Wildman–Crippen LogP) is 5.45. The molecular weight excluding hydrogens is 320 g/mol. The summed E-state index contributed by atoms with van der Waals surface area (Å²) in [5.74, 6) is 0. The molecule has 0 aliphatic heterocycles. The second kappa shape index (κ2) is 6.98. The van der Waals surface area contributed by atoms with Crippen LogP contribution in [0.3, 0.4) is 0 Å². The van der Waals surface area contributed by atoms with E-state index in [9.17, 15) is 5.11 Å². The summed E-state index contributed by atoms with van der Waals surface area (Å²) in [6, 6.07) is 24.7. The third kappa shape index (κ3) is 3.05. The standard InChI is InChI=1S/C23H20N2O/c1-16-20(18-7-3-2-4-8-18)10-6-11-21(16)25-22-12-5-9-19-13-17(15-26)14-24-23(19)22/h2-14,25-26H,15H2,1H3. The topological polar surface area (TPSA) is 45.1 Å². The quantitative estimate of drug-likeness (QED) is 0.519. The van der Waals surface area contributed by atoms with Crippen LogP contribution in [0.15, 0.2) is 79.0 Å². The van der Waals surface area contributed by atoms with Crippen LogP contribution < -0.4 is 5.32 Å². The molecule has 0 bridgehead atoms. The molecule has 1 heterocycles. The monoisotopic (exact) mass is 340 g/mol. The minimum atomic E-state index is -0.00117. The number of nitrogens with one attached hydrogen (secondary N) is 1. The summed E-state index contributed by atoms with van der Waals surface area (Å²) in [6.07, 6.45) is 1.72. The minimum absolute atomic E-state index is 0.00117. The van der Waals surface area contributed by atoms with Gasteiger partial charge in [-0.1, -0.05) is 54.6 Å². The fourth-order valence-electron chi connectivity index (χ4n) is 3.24. The number of aliphatic hydroxyl groups excluding tert-OH is 1. The number of rotatable bonds is 4. The van der Waals surface area contributed by atoms with E-state index < -0.39 is 0 Å². The number of para-hydroxylation sites is 1. The Kier molecular flexibility index (Phi) is 4.38. The summed E-state index contributed by atoms with van der Waals surface area (Å²) in [5.41, 5.74) is 7.35. The molecule has 0 atom stereocenters. The van der Waals surface area contributed by atoms with Gasteiger partial charge in [-0.3, -0.25) is 4.98 Å². The molecule has 0 saturated heterocycles. The summed E-state index contributed by atoms with van der Waals surface area (Å²) in [4.78, 5) is 4.54. The van der Waals surface area contributed by atoms with Crippen LogP contribution in [0.25, 0.3) is 22.0 Å². The average Bonchev–Trinajstić information content (AvgIpc) is 2.70. The van der Waals surface area contributed by atoms with Crippen LogP contribution in [0, 0.1) is 6.92 Å². The zero-order valence-electron chi connectivity index (χ0n) is 14.6. The second-order valence-electron chi connectivity index (χ2n) is 6.35. The molecule has 0 spiro atoms. The van der Waals surface area contributed by atoms with Crippen LogP contribution >= 0.6 is 0 Å². The third-order valence-corrected chi connectivity index (χ3v) is 4.64. The van der Waals surface area contributed by atoms with Crippen molar-refractivity contribution in [1.82, 2.24) is 4.98 Å². The summed E-state index contributed by atoms with van der Waals surface area (Å²) in [6.45, 7) is 2.13. The summed E-state index contributed by atoms with van der Waals surface area (Å²) >= 11 is 0. The lowest BCUT2D eigenvalue weighted by atomic mass is 9.99. The predicted molar refractivity (Wildman–Crippen MR) is 108 cm³/mol. The van der Waals surface area contributed by atoms with Gasteiger partial charge in [-0.2, -0.15) is 0 Å². The van der Waals surface area contributed by atoms with E-state index in [4.69, 9.17) is 0 Å². The van der Waals surface area contributed by atoms with Gasteiger partial charge in [0, 0.05) is 17.3 Å². The van der Waals surface area contributed by atoms with Crippen molar-refractivity contribution in [3.63, 3.8) is 0 Å². The van der Waals surface area contributed by atoms with E-state index >= 15 is 0 Å². The molecule has 128 valence electrons. The summed E-state index contributed by atoms with van der Waals surface area (Å²) in [7, 11) is 0. The molecule has 0 saturated carbocycles. The van der Waals surface area contributed by atoms with Crippen molar-refractivity contribution in [1.29, 1.82) is 0 Å². The Bertz CT molecular complexity index is 1060. The van der Waals surface area contributed by atoms with Gasteiger partial charge in [0.25, 0.3) is 0 Å². The van der Waals surface area contributed by atoms with Crippen molar-refractivity contribution in [2.75, 3.05) is 5.32 Å². The van der Waals surface area contributed by atoms with Crippen molar-refractivity contribution in [2.45, 2.75) is 13.5 Å². The SMILES string of the molecule is Cc1c(Nc2cccc3cc(CO)cnc23)cccc1-c1ccccc1. The number of aromatic nitrogens is 1. The van der Waals surface area contributed by atoms with Crippen molar-refractivity contribution < 1.29 is 5.11 Å². The summed E-state index contributed by atoms with van der Waals surface area (Å²) in [5, 5.41) is 13.9. The average molecular weight is 340 g/mol. The molecule has 0 unspecified atom stereocenters. The van der Waals surface area contributed by atoms with E-state index in [1.807, 2.05) is 30.3 Å². The van der Waals surface area contributed by atoms with E-state index in [-0.39, 0.29) is 6.61 Å². The number of nitrogens with zero attached hydrogens (tertiary/aromatic N) is 1. The highest BCUT2D eigenvalue weighted by molar-refractivity contribution is 5.93. The van der Waals surface area contributed by atoms with Crippen LogP contribution in [0.5, 0.6) is 0 Å². The Labute approximate surface area is 153 Å². The molecule has 2 N–H and O–H groups in total. The molecule has 0 aliphatic rings. The first-order valence-corrected chi connectivity index (χ1v) is 8.67. The lowest BCUT2D eigenvalue weighted by Crippen LogP contribution is -1.97. The molecule has 0 amide bonds. The van der Waals surface area contributed by atoms with Gasteiger partial charge in [-0.25, -0.2) is 0 Å². The highest BCUT2D eigenvalue weighted by atomic mass is 16.3. The van der Waals surface area contributed by atoms with Crippen LogP contribution in [-0.2, 0) is 6.61 Å². The van der Waals surface area contributed by atoms with Crippen LogP contribution in [-0.4, -0.2) is 10.1 Å². The minimum Gasteiger partial charge on any atom is -0.392 e. The zero-order chi connectivity index (χ0) is 17.9. The maximum atomic E-state index is 9.32. The molecule has 0 aliphatic carbocycles. The third-order valence-electron chi connectivity index (χ3n) is 4.64. The van der Waals surface area contributed by atoms with Gasteiger partial charge in [-0.15, -0.1) is 0 Å². The van der Waals surface area contributed by atoms with Crippen molar-refractivity contribution in [2.24, 2.45) is 0 Å². The largest absolute Gasteiger partial charge is 0.392 e. The molecule has 3 aromatic carbocycles. The second-order valence-corrected chi connectivity index (χ2v) is 6.35. The number of pyridine rings is 1. The Morgan fingerprint density at radius 2 is 1.65 bits per heavy atom. The Hall–Kier alpha value is -3.17. The van der Waals surface area contributed by atoms with Gasteiger partial charge in [-0.05, 0) is 47.4 Å². The number of benzene rings is 3. The number of fused-ring (bicyclic) bond motifs is 1. The smallest absolute Gasteiger partial charge is 0.0936 e. The number of hydrogen-bond donors (Lipinski definition) is 2. The fourth-order valence-corrected chi connectivity index (χ4v) is 3.24. The number of aliphatic hydroxyl groups is 1. The molecule has 3 nitrogen and oxygen atoms in total. The first kappa shape index (κ1) is 16.3. The van der Waals surface area contributed by atoms with E-state index in [2.05, 4.69) is 59.7 Å². The van der Waals surface area contributed by atoms with Gasteiger partial charge in [0.05, 0.1) is 17.8 Å². The number of hydrogen-bond acceptors (Lipinski definition) is 3. The van der Waals surface area contributed by atoms with Gasteiger partial charge in [0.1, 0.15) is 0 Å². The van der Waals surface area contributed by atoms with Crippen LogP contribution in [0.1, 0.15) is 11.1 Å². The molecule has 4 rings (SSSR count). The molecular formula is C23H20N2O. The van der Waals surface area contributed by atoms with Crippen molar-refractivity contribution in [3.8, 4) is 11.1 Å². The molecule has 4 aromatic rings. The molecule has 26 heavy (non-hydrogen) atoms. The van der Waals surface area contributed by atoms with E-state index in [0.29, 0.717) is 0 Å². The Morgan fingerprint density at radius 3 is 2.46 bits per heavy atom. The van der Waals surface area contributed by atoms with E-state index in [1.54, 1.807) is 6.20 Å². The normalized spacial score (nSPS) is 10.8. The van der Waals surface area contributed by atoms with Gasteiger partial charge in [0.2, 0.25) is 0 Å². The molecule has 1 aromatic heterocycles. The van der Waals surface area contributed by atoms with Crippen LogP contribution in [0.2, 0.25) is 0 Å². The Morgan fingerprint density at radius 1 is 0.885 bits per heavy atom. The van der Waals surface area contributed by atoms with E-state index in [1.165, 1.54) is 16.7 Å². The Balaban J connectivity index is 1.76. The van der Waals surface area contributed by atoms with Crippen molar-refractivity contribution >= 4 is 22.3 Å². The first-order valence-electron chi connectivity index (χ1n) is 8.67. The molecule has 3 heteroatoms. The highest BCUT2D eigenvalue weighted by Gasteiger charge is 2.09. The number of anilines is 2. The maximum Gasteiger partial charge on any atom is 0.0936 e.